The van der Waals surface area contributed by atoms with Crippen molar-refractivity contribution in [3.63, 3.8) is 0 Å². The summed E-state index contributed by atoms with van der Waals surface area (Å²) in [5.74, 6) is 1.66. The third kappa shape index (κ3) is 2.70. The minimum atomic E-state index is 0.288. The number of fused-ring (bicyclic) bond motifs is 1. The number of rotatable bonds is 5. The number of nitrogens with zero attached hydrogens (tertiary/aromatic N) is 3. The molecular formula is C15H19N3O. The van der Waals surface area contributed by atoms with Crippen LogP contribution in [0.3, 0.4) is 0 Å². The van der Waals surface area contributed by atoms with Crippen molar-refractivity contribution in [2.45, 2.75) is 39.7 Å². The van der Waals surface area contributed by atoms with Gasteiger partial charge in [-0.3, -0.25) is 0 Å². The Kier molecular flexibility index (Phi) is 4.06. The van der Waals surface area contributed by atoms with E-state index in [1.807, 2.05) is 18.2 Å². The molecular weight excluding hydrogens is 238 g/mol. The van der Waals surface area contributed by atoms with E-state index in [1.165, 1.54) is 0 Å². The summed E-state index contributed by atoms with van der Waals surface area (Å²) < 4.78 is 7.73. The first-order valence-electron chi connectivity index (χ1n) is 6.68. The minimum absolute atomic E-state index is 0.288. The molecule has 1 aromatic heterocycles. The van der Waals surface area contributed by atoms with Gasteiger partial charge in [-0.25, -0.2) is 4.98 Å². The summed E-state index contributed by atoms with van der Waals surface area (Å²) in [6.07, 6.45) is 1.32. The molecule has 2 aromatic rings. The van der Waals surface area contributed by atoms with E-state index in [9.17, 15) is 0 Å². The molecule has 0 aliphatic rings. The fraction of sp³-hybridized carbons (Fsp3) is 0.467. The molecule has 0 atom stereocenters. The molecule has 0 aliphatic carbocycles. The lowest BCUT2D eigenvalue weighted by Crippen LogP contribution is -2.05. The lowest BCUT2D eigenvalue weighted by atomic mass is 10.2. The summed E-state index contributed by atoms with van der Waals surface area (Å²) in [7, 11) is 0. The molecule has 0 aliphatic heterocycles. The average Bonchev–Trinajstić information content (AvgIpc) is 2.74. The second-order valence-corrected chi connectivity index (χ2v) is 4.83. The standard InChI is InChI=1S/C15H19N3O/c1-4-9-19-12-5-6-14-13(10-12)17-15(7-8-16)18(14)11(2)3/h5-6,10-11H,4,7,9H2,1-3H3. The highest BCUT2D eigenvalue weighted by molar-refractivity contribution is 5.78. The molecule has 0 bridgehead atoms. The Morgan fingerprint density at radius 1 is 1.42 bits per heavy atom. The Balaban J connectivity index is 2.47. The monoisotopic (exact) mass is 257 g/mol. The molecule has 0 N–H and O–H groups in total. The molecule has 4 heteroatoms. The van der Waals surface area contributed by atoms with Crippen LogP contribution in [0.5, 0.6) is 5.75 Å². The van der Waals surface area contributed by atoms with Crippen molar-refractivity contribution in [2.75, 3.05) is 6.61 Å². The van der Waals surface area contributed by atoms with Gasteiger partial charge < -0.3 is 9.30 Å². The third-order valence-corrected chi connectivity index (χ3v) is 2.96. The van der Waals surface area contributed by atoms with Crippen LogP contribution in [0, 0.1) is 11.3 Å². The number of aromatic nitrogens is 2. The van der Waals surface area contributed by atoms with Crippen LogP contribution in [-0.2, 0) is 6.42 Å². The SMILES string of the molecule is CCCOc1ccc2c(c1)nc(CC#N)n2C(C)C. The van der Waals surface area contributed by atoms with Crippen LogP contribution in [0.15, 0.2) is 18.2 Å². The maximum absolute atomic E-state index is 8.89. The summed E-state index contributed by atoms with van der Waals surface area (Å²) in [6, 6.07) is 8.40. The first-order chi connectivity index (χ1) is 9.17. The maximum Gasteiger partial charge on any atom is 0.124 e. The van der Waals surface area contributed by atoms with Crippen molar-refractivity contribution in [3.05, 3.63) is 24.0 Å². The normalized spacial score (nSPS) is 10.9. The van der Waals surface area contributed by atoms with Crippen LogP contribution < -0.4 is 4.74 Å². The van der Waals surface area contributed by atoms with Crippen molar-refractivity contribution in [1.82, 2.24) is 9.55 Å². The molecule has 0 fully saturated rings. The van der Waals surface area contributed by atoms with Gasteiger partial charge in [0.05, 0.1) is 30.1 Å². The minimum Gasteiger partial charge on any atom is -0.494 e. The Bertz CT molecular complexity index is 608. The number of hydrogen-bond donors (Lipinski definition) is 0. The predicted octanol–water partition coefficient (Wildman–Crippen LogP) is 3.47. The third-order valence-electron chi connectivity index (χ3n) is 2.96. The number of benzene rings is 1. The Labute approximate surface area is 113 Å². The van der Waals surface area contributed by atoms with Gasteiger partial charge in [0, 0.05) is 12.1 Å². The predicted molar refractivity (Wildman–Crippen MR) is 75.2 cm³/mol. The van der Waals surface area contributed by atoms with Crippen molar-refractivity contribution in [2.24, 2.45) is 0 Å². The summed E-state index contributed by atoms with van der Waals surface area (Å²) in [4.78, 5) is 4.55. The van der Waals surface area contributed by atoms with E-state index in [4.69, 9.17) is 10.00 Å². The highest BCUT2D eigenvalue weighted by Gasteiger charge is 2.13. The van der Waals surface area contributed by atoms with E-state index >= 15 is 0 Å². The van der Waals surface area contributed by atoms with Gasteiger partial charge in [0.15, 0.2) is 0 Å². The average molecular weight is 257 g/mol. The van der Waals surface area contributed by atoms with Crippen molar-refractivity contribution in [3.8, 4) is 11.8 Å². The molecule has 0 saturated heterocycles. The molecule has 4 nitrogen and oxygen atoms in total. The van der Waals surface area contributed by atoms with Gasteiger partial charge in [-0.1, -0.05) is 6.92 Å². The van der Waals surface area contributed by atoms with Gasteiger partial charge in [-0.05, 0) is 32.4 Å². The second-order valence-electron chi connectivity index (χ2n) is 4.83. The van der Waals surface area contributed by atoms with Crippen molar-refractivity contribution in [1.29, 1.82) is 5.26 Å². The molecule has 1 heterocycles. The molecule has 0 spiro atoms. The van der Waals surface area contributed by atoms with Crippen molar-refractivity contribution < 1.29 is 4.74 Å². The number of ether oxygens (including phenoxy) is 1. The zero-order valence-corrected chi connectivity index (χ0v) is 11.7. The number of imidazole rings is 1. The summed E-state index contributed by atoms with van der Waals surface area (Å²) in [6.45, 7) is 6.99. The molecule has 0 radical (unpaired) electrons. The first-order valence-corrected chi connectivity index (χ1v) is 6.68. The zero-order valence-electron chi connectivity index (χ0n) is 11.7. The van der Waals surface area contributed by atoms with Crippen LogP contribution in [0.1, 0.15) is 39.1 Å². The maximum atomic E-state index is 8.89. The quantitative estimate of drug-likeness (QED) is 0.824. The zero-order chi connectivity index (χ0) is 13.8. The summed E-state index contributed by atoms with van der Waals surface area (Å²) in [5, 5.41) is 8.89. The Morgan fingerprint density at radius 3 is 2.84 bits per heavy atom. The van der Waals surface area contributed by atoms with E-state index in [-0.39, 0.29) is 6.04 Å². The molecule has 2 rings (SSSR count). The van der Waals surface area contributed by atoms with Crippen LogP contribution in [-0.4, -0.2) is 16.2 Å². The fourth-order valence-corrected chi connectivity index (χ4v) is 2.21. The van der Waals surface area contributed by atoms with Crippen LogP contribution >= 0.6 is 0 Å². The second kappa shape index (κ2) is 5.75. The largest absolute Gasteiger partial charge is 0.494 e. The summed E-state index contributed by atoms with van der Waals surface area (Å²) >= 11 is 0. The molecule has 100 valence electrons. The van der Waals surface area contributed by atoms with Crippen LogP contribution in [0.25, 0.3) is 11.0 Å². The van der Waals surface area contributed by atoms with E-state index in [2.05, 4.69) is 36.4 Å². The number of nitriles is 1. The van der Waals surface area contributed by atoms with Gasteiger partial charge in [0.2, 0.25) is 0 Å². The van der Waals surface area contributed by atoms with Crippen molar-refractivity contribution >= 4 is 11.0 Å². The van der Waals surface area contributed by atoms with Gasteiger partial charge >= 0.3 is 0 Å². The van der Waals surface area contributed by atoms with Gasteiger partial charge in [0.1, 0.15) is 11.6 Å². The van der Waals surface area contributed by atoms with Gasteiger partial charge in [-0.15, -0.1) is 0 Å². The van der Waals surface area contributed by atoms with Crippen LogP contribution in [0.4, 0.5) is 0 Å². The van der Waals surface area contributed by atoms with E-state index in [0.29, 0.717) is 13.0 Å². The Hall–Kier alpha value is -2.02. The lowest BCUT2D eigenvalue weighted by molar-refractivity contribution is 0.318. The van der Waals surface area contributed by atoms with Crippen LogP contribution in [0.2, 0.25) is 0 Å². The fourth-order valence-electron chi connectivity index (χ4n) is 2.21. The lowest BCUT2D eigenvalue weighted by Gasteiger charge is -2.11. The van der Waals surface area contributed by atoms with E-state index in [0.717, 1.165) is 29.0 Å². The molecule has 0 saturated carbocycles. The molecule has 1 aromatic carbocycles. The molecule has 0 amide bonds. The summed E-state index contributed by atoms with van der Waals surface area (Å²) in [5.41, 5.74) is 1.96. The first kappa shape index (κ1) is 13.4. The topological polar surface area (TPSA) is 50.8 Å². The van der Waals surface area contributed by atoms with E-state index in [1.54, 1.807) is 0 Å². The highest BCUT2D eigenvalue weighted by Crippen LogP contribution is 2.25. The molecule has 19 heavy (non-hydrogen) atoms. The highest BCUT2D eigenvalue weighted by atomic mass is 16.5. The molecule has 0 unspecified atom stereocenters. The van der Waals surface area contributed by atoms with E-state index < -0.39 is 0 Å². The smallest absolute Gasteiger partial charge is 0.124 e. The van der Waals surface area contributed by atoms with Gasteiger partial charge in [0.25, 0.3) is 0 Å². The Morgan fingerprint density at radius 2 is 2.21 bits per heavy atom. The van der Waals surface area contributed by atoms with Gasteiger partial charge in [-0.2, -0.15) is 5.26 Å². The number of hydrogen-bond acceptors (Lipinski definition) is 3.